The molecule has 0 aromatic heterocycles. The highest BCUT2D eigenvalue weighted by Crippen LogP contribution is 2.34. The van der Waals surface area contributed by atoms with Gasteiger partial charge in [0.05, 0.1) is 12.0 Å². The predicted octanol–water partition coefficient (Wildman–Crippen LogP) is 5.60. The Morgan fingerprint density at radius 2 is 1.77 bits per heavy atom. The van der Waals surface area contributed by atoms with E-state index in [0.717, 1.165) is 22.2 Å². The molecule has 1 aliphatic rings. The second kappa shape index (κ2) is 11.1. The van der Waals surface area contributed by atoms with Gasteiger partial charge < -0.3 is 14.8 Å². The van der Waals surface area contributed by atoms with Crippen LogP contribution in [0.25, 0.3) is 6.08 Å². The quantitative estimate of drug-likeness (QED) is 0.398. The molecule has 0 spiro atoms. The molecule has 35 heavy (non-hydrogen) atoms. The van der Waals surface area contributed by atoms with Gasteiger partial charge in [0, 0.05) is 10.7 Å². The Kier molecular flexibility index (Phi) is 7.74. The van der Waals surface area contributed by atoms with Crippen molar-refractivity contribution in [2.75, 3.05) is 19.0 Å². The van der Waals surface area contributed by atoms with Crippen LogP contribution in [-0.2, 0) is 16.2 Å². The van der Waals surface area contributed by atoms with Crippen molar-refractivity contribution in [1.82, 2.24) is 4.90 Å². The van der Waals surface area contributed by atoms with Crippen LogP contribution in [-0.4, -0.2) is 35.6 Å². The van der Waals surface area contributed by atoms with Crippen LogP contribution in [0.3, 0.4) is 0 Å². The third-order valence-electron chi connectivity index (χ3n) is 5.03. The highest BCUT2D eigenvalue weighted by atomic mass is 35.5. The summed E-state index contributed by atoms with van der Waals surface area (Å²) >= 11 is 6.62. The van der Waals surface area contributed by atoms with Gasteiger partial charge in [0.15, 0.2) is 11.5 Å². The topological polar surface area (TPSA) is 84.9 Å². The number of ether oxygens (including phenoxy) is 2. The summed E-state index contributed by atoms with van der Waals surface area (Å²) in [5.41, 5.74) is 2.20. The maximum atomic E-state index is 12.8. The molecular formula is C26H21ClN2O5S. The first kappa shape index (κ1) is 24.4. The molecule has 178 valence electrons. The Hall–Kier alpha value is -3.75. The van der Waals surface area contributed by atoms with E-state index in [-0.39, 0.29) is 11.4 Å². The summed E-state index contributed by atoms with van der Waals surface area (Å²) in [7, 11) is 1.53. The summed E-state index contributed by atoms with van der Waals surface area (Å²) in [5.74, 6) is 0.0313. The number of thioether (sulfide) groups is 1. The second-order valence-corrected chi connectivity index (χ2v) is 8.94. The fraction of sp³-hybridized carbons (Fsp3) is 0.115. The summed E-state index contributed by atoms with van der Waals surface area (Å²) in [5, 5.41) is 2.67. The molecule has 0 bridgehead atoms. The van der Waals surface area contributed by atoms with Crippen molar-refractivity contribution in [1.29, 1.82) is 0 Å². The van der Waals surface area contributed by atoms with Crippen molar-refractivity contribution >= 4 is 52.2 Å². The van der Waals surface area contributed by atoms with Gasteiger partial charge in [-0.1, -0.05) is 48.0 Å². The smallest absolute Gasteiger partial charge is 0.294 e. The summed E-state index contributed by atoms with van der Waals surface area (Å²) in [6, 6.07) is 21.5. The molecule has 1 heterocycles. The number of amides is 3. The van der Waals surface area contributed by atoms with E-state index in [0.29, 0.717) is 34.4 Å². The summed E-state index contributed by atoms with van der Waals surface area (Å²) < 4.78 is 11.3. The minimum Gasteiger partial charge on any atom is -0.493 e. The Labute approximate surface area is 211 Å². The zero-order valence-corrected chi connectivity index (χ0v) is 20.3. The number of rotatable bonds is 8. The number of methoxy groups -OCH3 is 1. The molecule has 0 atom stereocenters. The number of hydrogen-bond acceptors (Lipinski definition) is 6. The van der Waals surface area contributed by atoms with E-state index < -0.39 is 17.1 Å². The van der Waals surface area contributed by atoms with Crippen LogP contribution in [0, 0.1) is 0 Å². The average molecular weight is 509 g/mol. The van der Waals surface area contributed by atoms with Crippen molar-refractivity contribution in [3.8, 4) is 11.5 Å². The standard InChI is InChI=1S/C26H21ClN2O5S/c1-33-22-13-18(7-12-21(22)34-16-17-5-3-2-4-6-17)14-23-25(31)29(26(32)35-23)15-24(30)28-20-10-8-19(27)9-11-20/h2-14H,15-16H2,1H3,(H,28,30)/b23-14+. The van der Waals surface area contributed by atoms with Gasteiger partial charge in [-0.25, -0.2) is 0 Å². The number of halogens is 1. The van der Waals surface area contributed by atoms with Crippen molar-refractivity contribution in [3.63, 3.8) is 0 Å². The molecule has 0 radical (unpaired) electrons. The maximum absolute atomic E-state index is 12.8. The zero-order chi connectivity index (χ0) is 24.8. The van der Waals surface area contributed by atoms with Crippen molar-refractivity contribution in [3.05, 3.63) is 93.9 Å². The van der Waals surface area contributed by atoms with Crippen LogP contribution in [0.15, 0.2) is 77.7 Å². The van der Waals surface area contributed by atoms with Gasteiger partial charge >= 0.3 is 0 Å². The third-order valence-corrected chi connectivity index (χ3v) is 6.19. The van der Waals surface area contributed by atoms with Crippen LogP contribution in [0.1, 0.15) is 11.1 Å². The van der Waals surface area contributed by atoms with Crippen LogP contribution in [0.2, 0.25) is 5.02 Å². The summed E-state index contributed by atoms with van der Waals surface area (Å²) in [6.45, 7) is -0.00621. The van der Waals surface area contributed by atoms with Crippen molar-refractivity contribution in [2.45, 2.75) is 6.61 Å². The lowest BCUT2D eigenvalue weighted by molar-refractivity contribution is -0.127. The zero-order valence-electron chi connectivity index (χ0n) is 18.7. The largest absolute Gasteiger partial charge is 0.493 e. The first-order chi connectivity index (χ1) is 16.9. The molecule has 3 amide bonds. The van der Waals surface area contributed by atoms with E-state index in [2.05, 4.69) is 5.32 Å². The Morgan fingerprint density at radius 3 is 2.49 bits per heavy atom. The fourth-order valence-electron chi connectivity index (χ4n) is 3.29. The second-order valence-electron chi connectivity index (χ2n) is 7.51. The summed E-state index contributed by atoms with van der Waals surface area (Å²) in [6.07, 6.45) is 1.59. The minimum absolute atomic E-state index is 0.217. The number of carbonyl (C=O) groups excluding carboxylic acids is 3. The molecule has 1 fully saturated rings. The predicted molar refractivity (Wildman–Crippen MR) is 137 cm³/mol. The molecule has 3 aromatic carbocycles. The van der Waals surface area contributed by atoms with Gasteiger partial charge in [-0.05, 0) is 65.4 Å². The van der Waals surface area contributed by atoms with E-state index in [9.17, 15) is 14.4 Å². The van der Waals surface area contributed by atoms with Gasteiger partial charge in [0.2, 0.25) is 5.91 Å². The first-order valence-corrected chi connectivity index (χ1v) is 11.8. The van der Waals surface area contributed by atoms with Gasteiger partial charge in [-0.3, -0.25) is 19.3 Å². The molecule has 1 N–H and O–H groups in total. The maximum Gasteiger partial charge on any atom is 0.294 e. The molecule has 1 saturated heterocycles. The van der Waals surface area contributed by atoms with E-state index in [1.165, 1.54) is 7.11 Å². The van der Waals surface area contributed by atoms with Crippen LogP contribution in [0.5, 0.6) is 11.5 Å². The molecule has 0 unspecified atom stereocenters. The first-order valence-electron chi connectivity index (χ1n) is 10.6. The van der Waals surface area contributed by atoms with Crippen LogP contribution >= 0.6 is 23.4 Å². The fourth-order valence-corrected chi connectivity index (χ4v) is 4.26. The summed E-state index contributed by atoms with van der Waals surface area (Å²) in [4.78, 5) is 38.7. The molecule has 0 aliphatic carbocycles. The van der Waals surface area contributed by atoms with Crippen molar-refractivity contribution < 1.29 is 23.9 Å². The van der Waals surface area contributed by atoms with Gasteiger partial charge in [-0.15, -0.1) is 0 Å². The lowest BCUT2D eigenvalue weighted by Crippen LogP contribution is -2.36. The molecule has 0 saturated carbocycles. The van der Waals surface area contributed by atoms with Crippen molar-refractivity contribution in [2.24, 2.45) is 0 Å². The van der Waals surface area contributed by atoms with E-state index >= 15 is 0 Å². The molecule has 9 heteroatoms. The average Bonchev–Trinajstić information content (AvgIpc) is 3.12. The normalized spacial score (nSPS) is 14.3. The molecule has 1 aliphatic heterocycles. The Balaban J connectivity index is 1.42. The highest BCUT2D eigenvalue weighted by Gasteiger charge is 2.36. The number of carbonyl (C=O) groups is 3. The molecule has 7 nitrogen and oxygen atoms in total. The van der Waals surface area contributed by atoms with Gasteiger partial charge in [0.25, 0.3) is 11.1 Å². The molecule has 4 rings (SSSR count). The van der Waals surface area contributed by atoms with Gasteiger partial charge in [0.1, 0.15) is 13.2 Å². The number of hydrogen-bond donors (Lipinski definition) is 1. The lowest BCUT2D eigenvalue weighted by atomic mass is 10.1. The third kappa shape index (κ3) is 6.23. The number of imide groups is 1. The van der Waals surface area contributed by atoms with Crippen LogP contribution in [0.4, 0.5) is 10.5 Å². The number of nitrogens with one attached hydrogen (secondary N) is 1. The molecular weight excluding hydrogens is 488 g/mol. The highest BCUT2D eigenvalue weighted by molar-refractivity contribution is 8.18. The number of nitrogens with zero attached hydrogens (tertiary/aromatic N) is 1. The van der Waals surface area contributed by atoms with E-state index in [1.807, 2.05) is 30.3 Å². The number of anilines is 1. The van der Waals surface area contributed by atoms with E-state index in [1.54, 1.807) is 48.5 Å². The monoisotopic (exact) mass is 508 g/mol. The molecule has 3 aromatic rings. The Morgan fingerprint density at radius 1 is 1.03 bits per heavy atom. The van der Waals surface area contributed by atoms with Crippen LogP contribution < -0.4 is 14.8 Å². The van der Waals surface area contributed by atoms with Gasteiger partial charge in [-0.2, -0.15) is 0 Å². The van der Waals surface area contributed by atoms with E-state index in [4.69, 9.17) is 21.1 Å². The lowest BCUT2D eigenvalue weighted by Gasteiger charge is -2.12. The Bertz CT molecular complexity index is 1280. The minimum atomic E-state index is -0.533. The number of benzene rings is 3. The SMILES string of the molecule is COc1cc(/C=C2/SC(=O)N(CC(=O)Nc3ccc(Cl)cc3)C2=O)ccc1OCc1ccccc1.